The Hall–Kier alpha value is -9.36. The third kappa shape index (κ3) is 13.7. The van der Waals surface area contributed by atoms with E-state index in [0.29, 0.717) is 10.8 Å². The highest BCUT2D eigenvalue weighted by atomic mass is 14.5. The number of aryl methyl sites for hydroxylation is 2. The molecule has 12 aromatic rings. The highest BCUT2D eigenvalue weighted by Gasteiger charge is 2.48. The molecular formula is C127H142. The van der Waals surface area contributed by atoms with Crippen LogP contribution < -0.4 is 0 Å². The maximum atomic E-state index is 2.59. The van der Waals surface area contributed by atoms with Gasteiger partial charge in [-0.2, -0.15) is 0 Å². The lowest BCUT2D eigenvalue weighted by molar-refractivity contribution is 0.331. The van der Waals surface area contributed by atoms with Crippen molar-refractivity contribution in [1.29, 1.82) is 0 Å². The summed E-state index contributed by atoms with van der Waals surface area (Å²) < 4.78 is 0. The van der Waals surface area contributed by atoms with E-state index in [0.717, 1.165) is 32.1 Å². The van der Waals surface area contributed by atoms with Crippen LogP contribution in [0.1, 0.15) is 389 Å². The van der Waals surface area contributed by atoms with Crippen molar-refractivity contribution in [2.45, 2.75) is 354 Å². The van der Waals surface area contributed by atoms with Gasteiger partial charge < -0.3 is 0 Å². The molecule has 0 aliphatic heterocycles. The van der Waals surface area contributed by atoms with E-state index in [1.54, 1.807) is 100 Å². The van der Waals surface area contributed by atoms with Crippen molar-refractivity contribution in [1.82, 2.24) is 0 Å². The molecule has 0 saturated heterocycles. The van der Waals surface area contributed by atoms with Crippen molar-refractivity contribution in [3.63, 3.8) is 0 Å². The molecule has 12 aromatic carbocycles. The van der Waals surface area contributed by atoms with Crippen molar-refractivity contribution in [3.05, 3.63) is 327 Å². The van der Waals surface area contributed by atoms with E-state index in [-0.39, 0.29) is 54.1 Å². The van der Waals surface area contributed by atoms with Crippen LogP contribution in [0, 0.1) is 0 Å². The van der Waals surface area contributed by atoms with Crippen LogP contribution in [-0.2, 0) is 110 Å². The van der Waals surface area contributed by atoms with Crippen molar-refractivity contribution in [3.8, 4) is 55.6 Å². The number of allylic oxidation sites excluding steroid dienone is 4. The fraction of sp³-hybridized carbons (Fsp3) is 0.433. The first-order valence-corrected chi connectivity index (χ1v) is 49.4. The molecule has 0 amide bonds. The van der Waals surface area contributed by atoms with Gasteiger partial charge in [0.15, 0.2) is 0 Å². The van der Waals surface area contributed by atoms with Gasteiger partial charge in [-0.25, -0.2) is 0 Å². The van der Waals surface area contributed by atoms with E-state index in [9.17, 15) is 0 Å². The Morgan fingerprint density at radius 3 is 0.693 bits per heavy atom. The summed E-state index contributed by atoms with van der Waals surface area (Å²) in [5, 5.41) is 5.34. The Balaban J connectivity index is 0.0000000970. The monoisotopic (exact) mass is 1670 g/mol. The number of hydrogen-bond donors (Lipinski definition) is 0. The predicted octanol–water partition coefficient (Wildman–Crippen LogP) is 33.8. The van der Waals surface area contributed by atoms with E-state index >= 15 is 0 Å². The molecule has 127 heavy (non-hydrogen) atoms. The summed E-state index contributed by atoms with van der Waals surface area (Å²) in [5.74, 6) is 0. The molecule has 0 spiro atoms. The average molecular weight is 1670 g/mol. The van der Waals surface area contributed by atoms with Crippen LogP contribution in [0.25, 0.3) is 88.3 Å². The third-order valence-corrected chi connectivity index (χ3v) is 35.1. The van der Waals surface area contributed by atoms with Crippen LogP contribution in [0.4, 0.5) is 0 Å². The van der Waals surface area contributed by atoms with Crippen molar-refractivity contribution in [2.24, 2.45) is 0 Å². The van der Waals surface area contributed by atoms with Gasteiger partial charge in [0.1, 0.15) is 0 Å². The van der Waals surface area contributed by atoms with Crippen LogP contribution in [0.3, 0.4) is 0 Å². The highest BCUT2D eigenvalue weighted by molar-refractivity contribution is 5.97. The quantitative estimate of drug-likeness (QED) is 0.142. The summed E-state index contributed by atoms with van der Waals surface area (Å²) >= 11 is 0. The molecule has 0 radical (unpaired) electrons. The van der Waals surface area contributed by atoms with Gasteiger partial charge in [-0.05, 0) is 434 Å². The van der Waals surface area contributed by atoms with Gasteiger partial charge in [0.2, 0.25) is 0 Å². The van der Waals surface area contributed by atoms with E-state index in [2.05, 4.69) is 362 Å². The Labute approximate surface area is 763 Å². The Morgan fingerprint density at radius 1 is 0.181 bits per heavy atom. The second-order valence-corrected chi connectivity index (χ2v) is 50.3. The van der Waals surface area contributed by atoms with Gasteiger partial charge in [-0.3, -0.25) is 0 Å². The molecule has 13 aliphatic rings. The first-order valence-electron chi connectivity index (χ1n) is 49.4. The molecule has 0 aromatic heterocycles. The fourth-order valence-corrected chi connectivity index (χ4v) is 28.2. The molecule has 0 bridgehead atoms. The van der Waals surface area contributed by atoms with Crippen molar-refractivity contribution in [2.75, 3.05) is 0 Å². The topological polar surface area (TPSA) is 0 Å². The number of hydrogen-bond acceptors (Lipinski definition) is 0. The molecule has 0 atom stereocenters. The third-order valence-electron chi connectivity index (χ3n) is 35.1. The molecule has 25 rings (SSSR count). The normalized spacial score (nSPS) is 21.1. The predicted molar refractivity (Wildman–Crippen MR) is 546 cm³/mol. The standard InChI is InChI=1S/C29H38.C27H34.C25H26.C25H30.C21H14/c1-26(2)9-11-28(5,6)24-16-20-18(14-22(24)26)13-19-15-23-25(17-21(19)20)29(7,8)12-10-27(23,3)4;1-24(2)14-26(5,6)22-12-18-16(10-20(22)24)9-17-11-21-23(13-19(17)18)27(7,8)15-25(21,3)4;1-14-12-24(3,4)22-8-16-7-17-9-23-19(15(2)13-25(23,5)6)11-21(17)20(16)10-18(14)22;1-24(2)9-5-7-16-11-18-13-19-12-17-8-6-10-25(3,4)23(17)15-21(19)20(18)14-22(16)24;1-3-7-16-12-20-18(9-14(16)5-1)11-19-10-15-6-2-4-8-17(15)13-21(19)20/h14-17H,9-13H2,1-8H3;10-13H,9,14-15H2,1-8H3;8-13H,7H2,1-6H3;11-12,14-15H,5-10,13H2,1-4H3;1-10,12-13H,11H2. The Bertz CT molecular complexity index is 6430. The smallest absolute Gasteiger partial charge is 0.00873 e. The molecule has 13 aliphatic carbocycles. The summed E-state index contributed by atoms with van der Waals surface area (Å²) in [6.07, 6.45) is 25.8. The van der Waals surface area contributed by atoms with Crippen molar-refractivity contribution >= 4 is 32.7 Å². The maximum absolute atomic E-state index is 2.59. The lowest BCUT2D eigenvalue weighted by Gasteiger charge is -2.42. The van der Waals surface area contributed by atoms with E-state index in [1.165, 1.54) is 210 Å². The Morgan fingerprint density at radius 2 is 0.394 bits per heavy atom. The average Bonchev–Trinajstić information content (AvgIpc) is 0.843. The van der Waals surface area contributed by atoms with Crippen LogP contribution in [0.15, 0.2) is 182 Å². The minimum absolute atomic E-state index is 0.159. The van der Waals surface area contributed by atoms with E-state index < -0.39 is 0 Å². The van der Waals surface area contributed by atoms with Crippen molar-refractivity contribution < 1.29 is 0 Å². The molecule has 0 unspecified atom stereocenters. The zero-order valence-corrected chi connectivity index (χ0v) is 82.3. The minimum atomic E-state index is 0.159. The molecule has 0 N–H and O–H groups in total. The molecule has 650 valence electrons. The van der Waals surface area contributed by atoms with Gasteiger partial charge >= 0.3 is 0 Å². The van der Waals surface area contributed by atoms with Crippen LogP contribution >= 0.6 is 0 Å². The summed E-state index contributed by atoms with van der Waals surface area (Å²) in [7, 11) is 0. The van der Waals surface area contributed by atoms with Crippen LogP contribution in [0.2, 0.25) is 0 Å². The second-order valence-electron chi connectivity index (χ2n) is 50.3. The van der Waals surface area contributed by atoms with Crippen LogP contribution in [-0.4, -0.2) is 0 Å². The SMILES string of the molecule is CC1(C)CC(C)(C)c2cc3c(cc21)Cc1cc2c(cc1-3)C(C)(C)CC2(C)C.CC1(C)CCC(C)(C)c2cc3c(cc21)Cc1cc2c(cc1-3)C(C)(C)CCC2(C)C.CC1(C)CCCc2cc3c(cc21)-c1cc2c(cc1C3)CCCC2(C)C.CC1=CC(C)(C)c2cc3c(cc21)-c1cc2c(cc1C3)C(C)(C)C=C2C.c1ccc2cc3c(cc2c1)Cc1cc2ccccc2cc1-3. The molecule has 0 saturated carbocycles. The zero-order valence-electron chi connectivity index (χ0n) is 82.3. The molecule has 0 heterocycles. The Kier molecular flexibility index (Phi) is 18.7. The van der Waals surface area contributed by atoms with Crippen LogP contribution in [0.5, 0.6) is 0 Å². The maximum Gasteiger partial charge on any atom is 0.00873 e. The molecule has 0 heteroatoms. The summed E-state index contributed by atoms with van der Waals surface area (Å²) in [6, 6.07) is 67.4. The van der Waals surface area contributed by atoms with E-state index in [1.807, 2.05) is 0 Å². The number of rotatable bonds is 0. The molecular weight excluding hydrogens is 1530 g/mol. The number of benzene rings is 12. The van der Waals surface area contributed by atoms with E-state index in [4.69, 9.17) is 0 Å². The lowest BCUT2D eigenvalue weighted by Crippen LogP contribution is -2.34. The fourth-order valence-electron chi connectivity index (χ4n) is 28.2. The van der Waals surface area contributed by atoms with Gasteiger partial charge in [0, 0.05) is 10.8 Å². The summed E-state index contributed by atoms with van der Waals surface area (Å²) in [4.78, 5) is 0. The first-order chi connectivity index (χ1) is 59.5. The molecule has 0 nitrogen and oxygen atoms in total. The summed E-state index contributed by atoms with van der Waals surface area (Å²) in [6.45, 7) is 62.6. The largest absolute Gasteiger partial charge is 0.0709 e. The summed E-state index contributed by atoms with van der Waals surface area (Å²) in [5.41, 5.74) is 61.4. The first kappa shape index (κ1) is 84.5. The highest BCUT2D eigenvalue weighted by Crippen LogP contribution is 2.60. The minimum Gasteiger partial charge on any atom is -0.0709 e. The number of fused-ring (bicyclic) bond motifs is 25. The van der Waals surface area contributed by atoms with Gasteiger partial charge in [-0.1, -0.05) is 324 Å². The lowest BCUT2D eigenvalue weighted by atomic mass is 9.62. The van der Waals surface area contributed by atoms with Gasteiger partial charge in [0.25, 0.3) is 0 Å². The molecule has 0 fully saturated rings. The van der Waals surface area contributed by atoms with Gasteiger partial charge in [-0.15, -0.1) is 0 Å². The zero-order chi connectivity index (χ0) is 89.5. The second kappa shape index (κ2) is 28.1. The van der Waals surface area contributed by atoms with Gasteiger partial charge in [0.05, 0.1) is 0 Å².